The highest BCUT2D eigenvalue weighted by molar-refractivity contribution is 4.69. The fraction of sp³-hybridized carbons (Fsp3) is 0.900. The zero-order chi connectivity index (χ0) is 8.95. The summed E-state index contributed by atoms with van der Waals surface area (Å²) in [5.74, 6) is 0. The van der Waals surface area contributed by atoms with Crippen LogP contribution in [0.2, 0.25) is 0 Å². The van der Waals surface area contributed by atoms with Crippen molar-refractivity contribution in [2.75, 3.05) is 13.1 Å². The van der Waals surface area contributed by atoms with Gasteiger partial charge in [-0.05, 0) is 13.0 Å². The van der Waals surface area contributed by atoms with E-state index in [9.17, 15) is 0 Å². The quantitative estimate of drug-likeness (QED) is 0.647. The molecule has 0 spiro atoms. The van der Waals surface area contributed by atoms with Gasteiger partial charge in [-0.15, -0.1) is 0 Å². The van der Waals surface area contributed by atoms with Crippen LogP contribution in [0.3, 0.4) is 0 Å². The van der Waals surface area contributed by atoms with Crippen LogP contribution in [0.5, 0.6) is 0 Å². The van der Waals surface area contributed by atoms with Crippen molar-refractivity contribution in [1.82, 2.24) is 5.32 Å². The summed E-state index contributed by atoms with van der Waals surface area (Å²) >= 11 is 0. The first-order valence-electron chi connectivity index (χ1n) is 4.49. The molecule has 0 saturated carbocycles. The number of hydrogen-bond donors (Lipinski definition) is 1. The van der Waals surface area contributed by atoms with Gasteiger partial charge in [-0.25, -0.2) is 0 Å². The van der Waals surface area contributed by atoms with E-state index in [1.165, 1.54) is 12.8 Å². The van der Waals surface area contributed by atoms with Crippen LogP contribution in [0.1, 0.15) is 47.5 Å². The molecule has 0 radical (unpaired) electrons. The van der Waals surface area contributed by atoms with E-state index in [-0.39, 0.29) is 7.43 Å². The van der Waals surface area contributed by atoms with Crippen LogP contribution in [0.25, 0.3) is 0 Å². The van der Waals surface area contributed by atoms with E-state index < -0.39 is 0 Å². The summed E-state index contributed by atoms with van der Waals surface area (Å²) in [5.41, 5.74) is 0. The number of nitrogens with one attached hydrogen (secondary N) is 1. The number of rotatable bonds is 5. The zero-order valence-electron chi connectivity index (χ0n) is 7.98. The van der Waals surface area contributed by atoms with Crippen molar-refractivity contribution < 1.29 is 0 Å². The lowest BCUT2D eigenvalue weighted by Gasteiger charge is -1.97. The standard InChI is InChI=1S/C7H14N2.C2H6.CH4/c1-2-3-6-9-7-4-5-8;1-2;/h9H,2-4,6-7H2,1H3;1-2H3;1H4. The number of nitriles is 1. The lowest BCUT2D eigenvalue weighted by Crippen LogP contribution is -2.15. The molecule has 0 aromatic carbocycles. The van der Waals surface area contributed by atoms with Crippen LogP contribution < -0.4 is 5.32 Å². The van der Waals surface area contributed by atoms with Gasteiger partial charge < -0.3 is 5.32 Å². The van der Waals surface area contributed by atoms with Crippen LogP contribution in [0.15, 0.2) is 0 Å². The van der Waals surface area contributed by atoms with Crippen molar-refractivity contribution in [3.8, 4) is 6.07 Å². The fourth-order valence-electron chi connectivity index (χ4n) is 0.571. The average molecular weight is 172 g/mol. The Bertz CT molecular complexity index is 84.3. The molecule has 74 valence electrons. The Balaban J connectivity index is -0.000000249. The molecule has 2 heteroatoms. The molecule has 0 aliphatic rings. The molecular weight excluding hydrogens is 148 g/mol. The van der Waals surface area contributed by atoms with Gasteiger partial charge in [0.25, 0.3) is 0 Å². The third kappa shape index (κ3) is 22.7. The molecule has 0 aliphatic heterocycles. The van der Waals surface area contributed by atoms with Gasteiger partial charge in [0.2, 0.25) is 0 Å². The minimum atomic E-state index is 0. The van der Waals surface area contributed by atoms with Gasteiger partial charge in [0, 0.05) is 13.0 Å². The minimum absolute atomic E-state index is 0. The maximum absolute atomic E-state index is 8.13. The van der Waals surface area contributed by atoms with E-state index in [0.717, 1.165) is 13.1 Å². The number of hydrogen-bond acceptors (Lipinski definition) is 2. The maximum atomic E-state index is 8.13. The van der Waals surface area contributed by atoms with Crippen LogP contribution in [-0.4, -0.2) is 13.1 Å². The first kappa shape index (κ1) is 17.5. The SMILES string of the molecule is C.CC.CCCCNCCC#N. The predicted molar refractivity (Wildman–Crippen MR) is 56.1 cm³/mol. The molecule has 0 unspecified atom stereocenters. The van der Waals surface area contributed by atoms with E-state index in [2.05, 4.69) is 18.3 Å². The zero-order valence-corrected chi connectivity index (χ0v) is 7.98. The average Bonchev–Trinajstić information content (AvgIpc) is 2.08. The Labute approximate surface area is 78.0 Å². The predicted octanol–water partition coefficient (Wildman–Crippen LogP) is 2.95. The van der Waals surface area contributed by atoms with Crippen molar-refractivity contribution in [1.29, 1.82) is 5.26 Å². The first-order valence-corrected chi connectivity index (χ1v) is 4.49. The van der Waals surface area contributed by atoms with E-state index in [1.807, 2.05) is 13.8 Å². The second-order valence-electron chi connectivity index (χ2n) is 2.01. The van der Waals surface area contributed by atoms with Crippen LogP contribution in [0.4, 0.5) is 0 Å². The maximum Gasteiger partial charge on any atom is 0.0635 e. The molecule has 12 heavy (non-hydrogen) atoms. The highest BCUT2D eigenvalue weighted by atomic mass is 14.8. The number of unbranched alkanes of at least 4 members (excludes halogenated alkanes) is 1. The highest BCUT2D eigenvalue weighted by Crippen LogP contribution is 1.81. The lowest BCUT2D eigenvalue weighted by molar-refractivity contribution is 0.647. The summed E-state index contributed by atoms with van der Waals surface area (Å²) < 4.78 is 0. The van der Waals surface area contributed by atoms with Crippen molar-refractivity contribution in [3.63, 3.8) is 0 Å². The van der Waals surface area contributed by atoms with Gasteiger partial charge in [0.15, 0.2) is 0 Å². The molecule has 2 nitrogen and oxygen atoms in total. The lowest BCUT2D eigenvalue weighted by atomic mass is 10.3. The molecule has 0 rings (SSSR count). The molecule has 0 amide bonds. The van der Waals surface area contributed by atoms with Crippen LogP contribution >= 0.6 is 0 Å². The Morgan fingerprint density at radius 1 is 1.25 bits per heavy atom. The van der Waals surface area contributed by atoms with Gasteiger partial charge in [0.1, 0.15) is 0 Å². The summed E-state index contributed by atoms with van der Waals surface area (Å²) in [6.07, 6.45) is 3.06. The molecule has 0 aliphatic carbocycles. The second kappa shape index (κ2) is 22.4. The molecule has 0 saturated heterocycles. The van der Waals surface area contributed by atoms with Crippen molar-refractivity contribution in [3.05, 3.63) is 0 Å². The summed E-state index contributed by atoms with van der Waals surface area (Å²) in [6.45, 7) is 8.06. The molecule has 1 N–H and O–H groups in total. The highest BCUT2D eigenvalue weighted by Gasteiger charge is 1.83. The Morgan fingerprint density at radius 2 is 1.83 bits per heavy atom. The number of nitrogens with zero attached hydrogens (tertiary/aromatic N) is 1. The van der Waals surface area contributed by atoms with Gasteiger partial charge in [0.05, 0.1) is 6.07 Å². The minimum Gasteiger partial charge on any atom is -0.316 e. The van der Waals surface area contributed by atoms with Gasteiger partial charge in [-0.3, -0.25) is 0 Å². The molecule has 0 aromatic rings. The topological polar surface area (TPSA) is 35.8 Å². The third-order valence-corrected chi connectivity index (χ3v) is 1.12. The summed E-state index contributed by atoms with van der Waals surface area (Å²) in [5, 5.41) is 11.3. The third-order valence-electron chi connectivity index (χ3n) is 1.12. The molecule has 0 fully saturated rings. The molecule has 0 bridgehead atoms. The molecule has 0 aromatic heterocycles. The van der Waals surface area contributed by atoms with E-state index >= 15 is 0 Å². The Hall–Kier alpha value is -0.550. The molecule has 0 heterocycles. The fourth-order valence-corrected chi connectivity index (χ4v) is 0.571. The molecular formula is C10H24N2. The summed E-state index contributed by atoms with van der Waals surface area (Å²) in [7, 11) is 0. The van der Waals surface area contributed by atoms with Gasteiger partial charge in [-0.2, -0.15) is 5.26 Å². The van der Waals surface area contributed by atoms with E-state index in [1.54, 1.807) is 0 Å². The monoisotopic (exact) mass is 172 g/mol. The van der Waals surface area contributed by atoms with Gasteiger partial charge in [-0.1, -0.05) is 34.6 Å². The van der Waals surface area contributed by atoms with Crippen LogP contribution in [-0.2, 0) is 0 Å². The van der Waals surface area contributed by atoms with Crippen molar-refractivity contribution in [2.45, 2.75) is 47.5 Å². The first-order chi connectivity index (χ1) is 5.41. The van der Waals surface area contributed by atoms with Crippen molar-refractivity contribution >= 4 is 0 Å². The normalized spacial score (nSPS) is 7.17. The van der Waals surface area contributed by atoms with E-state index in [4.69, 9.17) is 5.26 Å². The van der Waals surface area contributed by atoms with E-state index in [0.29, 0.717) is 6.42 Å². The smallest absolute Gasteiger partial charge is 0.0635 e. The van der Waals surface area contributed by atoms with Crippen molar-refractivity contribution in [2.24, 2.45) is 0 Å². The van der Waals surface area contributed by atoms with Gasteiger partial charge >= 0.3 is 0 Å². The largest absolute Gasteiger partial charge is 0.316 e. The summed E-state index contributed by atoms with van der Waals surface area (Å²) in [4.78, 5) is 0. The Kier molecular flexibility index (Phi) is 32.7. The van der Waals surface area contributed by atoms with Crippen LogP contribution in [0, 0.1) is 11.3 Å². The Morgan fingerprint density at radius 3 is 2.25 bits per heavy atom. The summed E-state index contributed by atoms with van der Waals surface area (Å²) in [6, 6.07) is 2.08. The molecule has 0 atom stereocenters. The second-order valence-corrected chi connectivity index (χ2v) is 2.01.